The lowest BCUT2D eigenvalue weighted by Crippen LogP contribution is -2.14. The quantitative estimate of drug-likeness (QED) is 0.159. The highest BCUT2D eigenvalue weighted by molar-refractivity contribution is 5.94. The van der Waals surface area contributed by atoms with Crippen LogP contribution in [0.25, 0.3) is 12.2 Å². The summed E-state index contributed by atoms with van der Waals surface area (Å²) in [7, 11) is 5.03. The first kappa shape index (κ1) is 39.0. The minimum atomic E-state index is -1.18. The van der Waals surface area contributed by atoms with E-state index in [-0.39, 0.29) is 29.7 Å². The Kier molecular flexibility index (Phi) is 18.8. The van der Waals surface area contributed by atoms with Crippen molar-refractivity contribution < 1.29 is 62.7 Å². The summed E-state index contributed by atoms with van der Waals surface area (Å²) in [5, 5.41) is 17.2. The normalized spacial score (nSPS) is 9.78. The van der Waals surface area contributed by atoms with Crippen molar-refractivity contribution in [1.29, 1.82) is 0 Å². The van der Waals surface area contributed by atoms with Gasteiger partial charge in [-0.2, -0.15) is 0 Å². The van der Waals surface area contributed by atoms with Crippen molar-refractivity contribution in [2.24, 2.45) is 0 Å². The number of rotatable bonds is 11. The number of hydrogen-bond donors (Lipinski definition) is 2. The van der Waals surface area contributed by atoms with Crippen LogP contribution in [0.5, 0.6) is 11.5 Å². The Morgan fingerprint density at radius 1 is 0.644 bits per heavy atom. The van der Waals surface area contributed by atoms with Gasteiger partial charge in [-0.15, -0.1) is 0 Å². The summed E-state index contributed by atoms with van der Waals surface area (Å²) in [5.41, 5.74) is 1.41. The molecule has 2 aromatic rings. The molecular formula is C32H34O13. The molecule has 0 heterocycles. The van der Waals surface area contributed by atoms with E-state index in [1.54, 1.807) is 60.7 Å². The van der Waals surface area contributed by atoms with Crippen LogP contribution in [0.2, 0.25) is 0 Å². The number of carbonyl (C=O) groups is 6. The van der Waals surface area contributed by atoms with Gasteiger partial charge in [-0.05, 0) is 47.5 Å². The van der Waals surface area contributed by atoms with Gasteiger partial charge in [-0.25, -0.2) is 19.2 Å². The van der Waals surface area contributed by atoms with Gasteiger partial charge in [0.2, 0.25) is 0 Å². The molecule has 0 unspecified atom stereocenters. The van der Waals surface area contributed by atoms with E-state index in [0.29, 0.717) is 5.75 Å². The zero-order chi connectivity index (χ0) is 34.4. The van der Waals surface area contributed by atoms with Crippen LogP contribution in [0.15, 0.2) is 85.0 Å². The number of carboxylic acid groups (broad SMARTS) is 1. The largest absolute Gasteiger partial charge is 0.508 e. The van der Waals surface area contributed by atoms with Crippen LogP contribution in [0.1, 0.15) is 24.0 Å². The number of methoxy groups -OCH3 is 4. The molecule has 0 aliphatic heterocycles. The molecule has 45 heavy (non-hydrogen) atoms. The van der Waals surface area contributed by atoms with E-state index in [1.165, 1.54) is 40.6 Å². The van der Waals surface area contributed by atoms with Crippen LogP contribution in [0.4, 0.5) is 0 Å². The number of hydrogen-bond acceptors (Lipinski definition) is 12. The Morgan fingerprint density at radius 2 is 1.04 bits per heavy atom. The third-order valence-electron chi connectivity index (χ3n) is 4.97. The predicted molar refractivity (Wildman–Crippen MR) is 161 cm³/mol. The van der Waals surface area contributed by atoms with E-state index in [0.717, 1.165) is 11.1 Å². The summed E-state index contributed by atoms with van der Waals surface area (Å²) >= 11 is 0. The molecular weight excluding hydrogens is 592 g/mol. The molecule has 0 aromatic heterocycles. The lowest BCUT2D eigenvalue weighted by atomic mass is 10.2. The number of ether oxygens (including phenoxy) is 5. The summed E-state index contributed by atoms with van der Waals surface area (Å²) in [6.45, 7) is 6.62. The average molecular weight is 627 g/mol. The van der Waals surface area contributed by atoms with Gasteiger partial charge in [0.15, 0.2) is 0 Å². The first-order chi connectivity index (χ1) is 21.3. The molecule has 0 amide bonds. The molecule has 2 N–H and O–H groups in total. The van der Waals surface area contributed by atoms with Crippen molar-refractivity contribution in [3.05, 3.63) is 96.1 Å². The number of aromatic hydroxyl groups is 1. The van der Waals surface area contributed by atoms with Crippen molar-refractivity contribution >= 4 is 48.0 Å². The van der Waals surface area contributed by atoms with Gasteiger partial charge in [-0.3, -0.25) is 9.59 Å². The monoisotopic (exact) mass is 626 g/mol. The number of aliphatic carboxylic acids is 1. The second-order valence-electron chi connectivity index (χ2n) is 8.28. The second-order valence-corrected chi connectivity index (χ2v) is 8.28. The maximum Gasteiger partial charge on any atom is 0.339 e. The highest BCUT2D eigenvalue weighted by atomic mass is 16.5. The molecule has 0 saturated carbocycles. The number of esters is 5. The van der Waals surface area contributed by atoms with Crippen molar-refractivity contribution in [3.63, 3.8) is 0 Å². The van der Waals surface area contributed by atoms with E-state index in [1.807, 2.05) is 0 Å². The van der Waals surface area contributed by atoms with Crippen LogP contribution >= 0.6 is 0 Å². The molecule has 0 fully saturated rings. The molecule has 0 bridgehead atoms. The van der Waals surface area contributed by atoms with Crippen molar-refractivity contribution in [1.82, 2.24) is 0 Å². The number of phenols is 1. The molecule has 240 valence electrons. The van der Waals surface area contributed by atoms with Crippen LogP contribution in [0, 0.1) is 0 Å². The minimum Gasteiger partial charge on any atom is -0.508 e. The van der Waals surface area contributed by atoms with Crippen LogP contribution < -0.4 is 4.74 Å². The van der Waals surface area contributed by atoms with Crippen LogP contribution in [0.3, 0.4) is 0 Å². The molecule has 2 aromatic carbocycles. The van der Waals surface area contributed by atoms with Gasteiger partial charge < -0.3 is 33.9 Å². The summed E-state index contributed by atoms with van der Waals surface area (Å²) in [6, 6.07) is 12.9. The summed E-state index contributed by atoms with van der Waals surface area (Å²) in [6.07, 6.45) is 5.30. The molecule has 0 aliphatic rings. The molecule has 0 radical (unpaired) electrons. The van der Waals surface area contributed by atoms with Gasteiger partial charge in [-0.1, -0.05) is 37.4 Å². The number of carboxylic acids is 1. The standard InChI is InChI=1S/C16H16O6.C10H10O3.C6H8O4/c1-11(10-15(18)21-3)16(19)22-13-7-4-12(5-8-13)6-9-14(17)20-2;1-13-10(12)7-4-8-2-5-9(11)6-3-8;1-4(6(8)9)3-5(7)10-2/h4-9H,1,10H2,2-3H3;2-7,11H,1H3;1,3H2,2H3,(H,8,9)/b9-6+;7-4+;. The zero-order valence-corrected chi connectivity index (χ0v) is 25.1. The Bertz CT molecular complexity index is 1400. The lowest BCUT2D eigenvalue weighted by Gasteiger charge is -2.06. The molecule has 13 nitrogen and oxygen atoms in total. The Hall–Kier alpha value is -5.98. The fourth-order valence-corrected chi connectivity index (χ4v) is 2.52. The number of carbonyl (C=O) groups excluding carboxylic acids is 5. The van der Waals surface area contributed by atoms with Crippen LogP contribution in [-0.4, -0.2) is 74.5 Å². The second kappa shape index (κ2) is 21.7. The lowest BCUT2D eigenvalue weighted by molar-refractivity contribution is -0.142. The van der Waals surface area contributed by atoms with E-state index >= 15 is 0 Å². The molecule has 2 rings (SSSR count). The first-order valence-corrected chi connectivity index (χ1v) is 12.6. The fraction of sp³-hybridized carbons (Fsp3) is 0.188. The fourth-order valence-electron chi connectivity index (χ4n) is 2.52. The predicted octanol–water partition coefficient (Wildman–Crippen LogP) is 3.67. The van der Waals surface area contributed by atoms with E-state index in [2.05, 4.69) is 32.1 Å². The average Bonchev–Trinajstić information content (AvgIpc) is 3.03. The third-order valence-corrected chi connectivity index (χ3v) is 4.97. The topological polar surface area (TPSA) is 189 Å². The van der Waals surface area contributed by atoms with Crippen molar-refractivity contribution in [2.45, 2.75) is 12.8 Å². The van der Waals surface area contributed by atoms with Gasteiger partial charge in [0.1, 0.15) is 11.5 Å². The van der Waals surface area contributed by atoms with Crippen LogP contribution in [-0.2, 0) is 47.7 Å². The highest BCUT2D eigenvalue weighted by Crippen LogP contribution is 2.15. The van der Waals surface area contributed by atoms with Crippen molar-refractivity contribution in [3.8, 4) is 11.5 Å². The van der Waals surface area contributed by atoms with Gasteiger partial charge >= 0.3 is 35.8 Å². The Labute approximate surface area is 259 Å². The maximum atomic E-state index is 11.7. The number of phenolic OH excluding ortho intramolecular Hbond substituents is 1. The first-order valence-electron chi connectivity index (χ1n) is 12.6. The van der Waals surface area contributed by atoms with E-state index in [4.69, 9.17) is 14.9 Å². The summed E-state index contributed by atoms with van der Waals surface area (Å²) in [4.78, 5) is 64.8. The van der Waals surface area contributed by atoms with Gasteiger partial charge in [0.25, 0.3) is 0 Å². The summed E-state index contributed by atoms with van der Waals surface area (Å²) in [5.74, 6) is -3.39. The SMILES string of the molecule is C=C(CC(=O)OC)C(=O)O.C=C(CC(=O)OC)C(=O)Oc1ccc(/C=C/C(=O)OC)cc1.COC(=O)/C=C/c1ccc(O)cc1. The molecule has 0 aliphatic carbocycles. The molecule has 0 saturated heterocycles. The van der Waals surface area contributed by atoms with E-state index in [9.17, 15) is 28.8 Å². The Balaban J connectivity index is 0.000000713. The van der Waals surface area contributed by atoms with Crippen molar-refractivity contribution in [2.75, 3.05) is 28.4 Å². The highest BCUT2D eigenvalue weighted by Gasteiger charge is 2.14. The smallest absolute Gasteiger partial charge is 0.339 e. The third kappa shape index (κ3) is 18.2. The molecule has 0 atom stereocenters. The maximum absolute atomic E-state index is 11.7. The molecule has 13 heteroatoms. The van der Waals surface area contributed by atoms with E-state index < -0.39 is 35.8 Å². The zero-order valence-electron chi connectivity index (χ0n) is 25.1. The number of benzene rings is 2. The van der Waals surface area contributed by atoms with Gasteiger partial charge in [0, 0.05) is 23.3 Å². The molecule has 0 spiro atoms. The minimum absolute atomic E-state index is 0.00140. The Morgan fingerprint density at radius 3 is 1.42 bits per heavy atom. The van der Waals surface area contributed by atoms with Gasteiger partial charge in [0.05, 0.1) is 41.3 Å². The summed E-state index contributed by atoms with van der Waals surface area (Å²) < 4.78 is 22.6.